The molecule has 1 spiro atoms. The lowest BCUT2D eigenvalue weighted by Gasteiger charge is -2.30. The van der Waals surface area contributed by atoms with Crippen molar-refractivity contribution in [3.63, 3.8) is 0 Å². The highest BCUT2D eigenvalue weighted by Crippen LogP contribution is 2.53. The van der Waals surface area contributed by atoms with Crippen LogP contribution in [0.2, 0.25) is 0 Å². The SMILES string of the molecule is CCc1ccc2c(c1)[C@@]1(N[C@@H](Cc3ccc(O)cc3)[C@H]3C(=O)N(CCc4ccccc4)C(=O)[C@@H]31)C(=O)N2. The lowest BCUT2D eigenvalue weighted by Crippen LogP contribution is -2.53. The number of fused-ring (bicyclic) bond motifs is 4. The van der Waals surface area contributed by atoms with Crippen LogP contribution in [-0.4, -0.2) is 40.3 Å². The number of phenolic OH excluding ortho intramolecular Hbond substituents is 1. The van der Waals surface area contributed by atoms with Crippen molar-refractivity contribution in [2.75, 3.05) is 11.9 Å². The molecule has 3 heterocycles. The molecule has 3 aliphatic heterocycles. The molecule has 0 radical (unpaired) electrons. The summed E-state index contributed by atoms with van der Waals surface area (Å²) in [5.74, 6) is -2.15. The first kappa shape index (κ1) is 23.4. The summed E-state index contributed by atoms with van der Waals surface area (Å²) in [6.07, 6.45) is 1.80. The van der Waals surface area contributed by atoms with Crippen LogP contribution in [0.4, 0.5) is 5.69 Å². The Balaban J connectivity index is 1.41. The third-order valence-corrected chi connectivity index (χ3v) is 8.14. The Morgan fingerprint density at radius 3 is 2.35 bits per heavy atom. The van der Waals surface area contributed by atoms with Gasteiger partial charge in [0, 0.05) is 23.8 Å². The topological polar surface area (TPSA) is 98.7 Å². The maximum atomic E-state index is 14.0. The van der Waals surface area contributed by atoms with Gasteiger partial charge in [0.15, 0.2) is 0 Å². The monoisotopic (exact) mass is 495 g/mol. The van der Waals surface area contributed by atoms with Crippen LogP contribution in [0.3, 0.4) is 0 Å². The van der Waals surface area contributed by atoms with Crippen molar-refractivity contribution in [2.24, 2.45) is 11.8 Å². The summed E-state index contributed by atoms with van der Waals surface area (Å²) in [5.41, 5.74) is 3.14. The molecular weight excluding hydrogens is 466 g/mol. The zero-order chi connectivity index (χ0) is 25.7. The number of aromatic hydroxyl groups is 1. The van der Waals surface area contributed by atoms with Crippen LogP contribution < -0.4 is 10.6 Å². The van der Waals surface area contributed by atoms with Crippen molar-refractivity contribution in [1.82, 2.24) is 10.2 Å². The molecule has 7 nitrogen and oxygen atoms in total. The number of nitrogens with zero attached hydrogens (tertiary/aromatic N) is 1. The molecule has 6 rings (SSSR count). The summed E-state index contributed by atoms with van der Waals surface area (Å²) < 4.78 is 0. The minimum absolute atomic E-state index is 0.160. The maximum Gasteiger partial charge on any atom is 0.250 e. The largest absolute Gasteiger partial charge is 0.508 e. The van der Waals surface area contributed by atoms with Gasteiger partial charge in [-0.15, -0.1) is 0 Å². The van der Waals surface area contributed by atoms with Crippen LogP contribution in [0.1, 0.15) is 29.2 Å². The van der Waals surface area contributed by atoms with Crippen molar-refractivity contribution >= 4 is 23.4 Å². The van der Waals surface area contributed by atoms with Gasteiger partial charge in [-0.1, -0.05) is 61.5 Å². The van der Waals surface area contributed by atoms with E-state index >= 15 is 0 Å². The van der Waals surface area contributed by atoms with E-state index in [2.05, 4.69) is 10.6 Å². The predicted molar refractivity (Wildman–Crippen MR) is 139 cm³/mol. The molecule has 3 aromatic carbocycles. The summed E-state index contributed by atoms with van der Waals surface area (Å²) in [6, 6.07) is 22.0. The number of benzene rings is 3. The van der Waals surface area contributed by atoms with Gasteiger partial charge < -0.3 is 10.4 Å². The molecule has 0 aliphatic carbocycles. The van der Waals surface area contributed by atoms with Gasteiger partial charge in [0.25, 0.3) is 0 Å². The van der Waals surface area contributed by atoms with Crippen LogP contribution in [0, 0.1) is 11.8 Å². The summed E-state index contributed by atoms with van der Waals surface area (Å²) >= 11 is 0. The van der Waals surface area contributed by atoms with E-state index in [4.69, 9.17) is 0 Å². The van der Waals surface area contributed by atoms with E-state index in [9.17, 15) is 19.5 Å². The number of aryl methyl sites for hydroxylation is 1. The average Bonchev–Trinajstić information content (AvgIpc) is 3.48. The molecule has 2 fully saturated rings. The van der Waals surface area contributed by atoms with Crippen LogP contribution in [0.5, 0.6) is 5.75 Å². The fourth-order valence-corrected chi connectivity index (χ4v) is 6.30. The zero-order valence-electron chi connectivity index (χ0n) is 20.6. The van der Waals surface area contributed by atoms with Gasteiger partial charge in [-0.05, 0) is 54.2 Å². The van der Waals surface area contributed by atoms with Gasteiger partial charge in [-0.2, -0.15) is 0 Å². The summed E-state index contributed by atoms with van der Waals surface area (Å²) in [4.78, 5) is 42.9. The minimum Gasteiger partial charge on any atom is -0.508 e. The quantitative estimate of drug-likeness (QED) is 0.457. The molecule has 0 bridgehead atoms. The van der Waals surface area contributed by atoms with Crippen molar-refractivity contribution < 1.29 is 19.5 Å². The second-order valence-corrected chi connectivity index (χ2v) is 10.2. The number of nitrogens with one attached hydrogen (secondary N) is 2. The molecule has 3 amide bonds. The highest BCUT2D eigenvalue weighted by Gasteiger charge is 2.70. The molecule has 0 aromatic heterocycles. The standard InChI is InChI=1S/C30H29N3O4/c1-2-18-10-13-23-22(16-18)30(29(37)31-23)26-25(24(32-30)17-20-8-11-21(34)12-9-20)27(35)33(28(26)36)15-14-19-6-4-3-5-7-19/h3-13,16,24-26,32,34H,2,14-15,17H2,1H3,(H,31,37)/t24-,25+,26+,30-/m0/s1. The molecule has 188 valence electrons. The Hall–Kier alpha value is -3.97. The van der Waals surface area contributed by atoms with Crippen LogP contribution in [0.25, 0.3) is 0 Å². The lowest BCUT2D eigenvalue weighted by molar-refractivity contribution is -0.142. The molecule has 0 saturated carbocycles. The summed E-state index contributed by atoms with van der Waals surface area (Å²) in [5, 5.41) is 16.2. The van der Waals surface area contributed by atoms with Gasteiger partial charge in [0.2, 0.25) is 17.7 Å². The van der Waals surface area contributed by atoms with E-state index < -0.39 is 23.4 Å². The van der Waals surface area contributed by atoms with Crippen molar-refractivity contribution in [3.8, 4) is 5.75 Å². The number of hydrogen-bond donors (Lipinski definition) is 3. The smallest absolute Gasteiger partial charge is 0.250 e. The maximum absolute atomic E-state index is 14.0. The first-order valence-corrected chi connectivity index (χ1v) is 12.8. The van der Waals surface area contributed by atoms with Crippen molar-refractivity contribution in [3.05, 3.63) is 95.1 Å². The van der Waals surface area contributed by atoms with Crippen LogP contribution in [0.15, 0.2) is 72.8 Å². The number of carbonyl (C=O) groups excluding carboxylic acids is 3. The first-order valence-electron chi connectivity index (χ1n) is 12.8. The fourth-order valence-electron chi connectivity index (χ4n) is 6.30. The first-order chi connectivity index (χ1) is 17.9. The number of amides is 3. The molecule has 2 saturated heterocycles. The zero-order valence-corrected chi connectivity index (χ0v) is 20.6. The van der Waals surface area contributed by atoms with Gasteiger partial charge >= 0.3 is 0 Å². The molecule has 3 aromatic rings. The van der Waals surface area contributed by atoms with E-state index in [0.717, 1.165) is 28.7 Å². The molecule has 3 aliphatic rings. The van der Waals surface area contributed by atoms with Crippen molar-refractivity contribution in [1.29, 1.82) is 0 Å². The number of anilines is 1. The fraction of sp³-hybridized carbons (Fsp3) is 0.300. The Bertz CT molecular complexity index is 1390. The van der Waals surface area contributed by atoms with E-state index in [1.165, 1.54) is 4.90 Å². The van der Waals surface area contributed by atoms with Gasteiger partial charge in [0.1, 0.15) is 11.3 Å². The van der Waals surface area contributed by atoms with Crippen LogP contribution in [-0.2, 0) is 39.2 Å². The molecule has 37 heavy (non-hydrogen) atoms. The second-order valence-electron chi connectivity index (χ2n) is 10.2. The van der Waals surface area contributed by atoms with Gasteiger partial charge in [-0.3, -0.25) is 24.6 Å². The number of hydrogen-bond acceptors (Lipinski definition) is 5. The molecule has 7 heteroatoms. The Morgan fingerprint density at radius 2 is 1.62 bits per heavy atom. The molecule has 4 atom stereocenters. The summed E-state index contributed by atoms with van der Waals surface area (Å²) in [6.45, 7) is 2.33. The third-order valence-electron chi connectivity index (χ3n) is 8.14. The molecule has 3 N–H and O–H groups in total. The highest BCUT2D eigenvalue weighted by molar-refractivity contribution is 6.15. The number of likely N-dealkylation sites (tertiary alicyclic amines) is 1. The number of phenols is 1. The van der Waals surface area contributed by atoms with Crippen LogP contribution >= 0.6 is 0 Å². The minimum atomic E-state index is -1.30. The molecular formula is C30H29N3O4. The lowest BCUT2D eigenvalue weighted by atomic mass is 9.76. The number of rotatable bonds is 6. The van der Waals surface area contributed by atoms with E-state index in [1.54, 1.807) is 12.1 Å². The van der Waals surface area contributed by atoms with E-state index in [-0.39, 0.29) is 30.0 Å². The van der Waals surface area contributed by atoms with Gasteiger partial charge in [-0.25, -0.2) is 0 Å². The second kappa shape index (κ2) is 8.85. The van der Waals surface area contributed by atoms with Crippen molar-refractivity contribution in [2.45, 2.75) is 37.8 Å². The summed E-state index contributed by atoms with van der Waals surface area (Å²) in [7, 11) is 0. The van der Waals surface area contributed by atoms with Gasteiger partial charge in [0.05, 0.1) is 11.8 Å². The Kier molecular flexibility index (Phi) is 5.60. The number of carbonyl (C=O) groups is 3. The average molecular weight is 496 g/mol. The Morgan fingerprint density at radius 1 is 0.892 bits per heavy atom. The molecule has 0 unspecified atom stereocenters. The third kappa shape index (κ3) is 3.64. The van der Waals surface area contributed by atoms with E-state index in [1.807, 2.05) is 67.6 Å². The van der Waals surface area contributed by atoms with E-state index in [0.29, 0.717) is 18.5 Å². The normalized spacial score (nSPS) is 26.0. The predicted octanol–water partition coefficient (Wildman–Crippen LogP) is 3.16. The number of imide groups is 1. The highest BCUT2D eigenvalue weighted by atomic mass is 16.3. The Labute approximate surface area is 215 Å².